The number of aromatic nitrogens is 1. The summed E-state index contributed by atoms with van der Waals surface area (Å²) in [6.07, 6.45) is -3.35. The molecule has 0 aliphatic rings. The van der Waals surface area contributed by atoms with E-state index in [1.165, 1.54) is 6.20 Å². The van der Waals surface area contributed by atoms with Gasteiger partial charge in [-0.3, -0.25) is 4.98 Å². The Morgan fingerprint density at radius 2 is 2.00 bits per heavy atom. The largest absolute Gasteiger partial charge is 0.573 e. The fourth-order valence-electron chi connectivity index (χ4n) is 1.29. The Bertz CT molecular complexity index is 525. The standard InChI is InChI=1S/C10H6F3NO2/c11-10(12,13)16-9-4-6-2-1-3-14-7(6)5-8(9)15/h1-5,15H. The number of alkyl halides is 3. The Morgan fingerprint density at radius 3 is 2.69 bits per heavy atom. The molecule has 0 saturated heterocycles. The lowest BCUT2D eigenvalue weighted by Crippen LogP contribution is -2.17. The van der Waals surface area contributed by atoms with Crippen molar-refractivity contribution in [1.82, 2.24) is 4.98 Å². The minimum atomic E-state index is -4.83. The number of hydrogen-bond acceptors (Lipinski definition) is 3. The average Bonchev–Trinajstić information content (AvgIpc) is 2.17. The van der Waals surface area contributed by atoms with E-state index in [4.69, 9.17) is 0 Å². The van der Waals surface area contributed by atoms with E-state index in [1.54, 1.807) is 12.1 Å². The lowest BCUT2D eigenvalue weighted by Gasteiger charge is -2.10. The molecule has 0 unspecified atom stereocenters. The van der Waals surface area contributed by atoms with E-state index in [-0.39, 0.29) is 0 Å². The predicted molar refractivity (Wildman–Crippen MR) is 50.1 cm³/mol. The first-order chi connectivity index (χ1) is 7.46. The van der Waals surface area contributed by atoms with Gasteiger partial charge >= 0.3 is 6.36 Å². The van der Waals surface area contributed by atoms with Gasteiger partial charge in [-0.05, 0) is 12.1 Å². The molecular weight excluding hydrogens is 223 g/mol. The maximum Gasteiger partial charge on any atom is 0.573 e. The Hall–Kier alpha value is -1.98. The molecule has 0 bridgehead atoms. The molecule has 84 valence electrons. The van der Waals surface area contributed by atoms with Crippen LogP contribution in [0.1, 0.15) is 0 Å². The van der Waals surface area contributed by atoms with E-state index in [2.05, 4.69) is 9.72 Å². The van der Waals surface area contributed by atoms with Crippen LogP contribution in [0.25, 0.3) is 10.9 Å². The van der Waals surface area contributed by atoms with Crippen LogP contribution in [0.5, 0.6) is 11.5 Å². The number of phenolic OH excluding ortho intramolecular Hbond substituents is 1. The summed E-state index contributed by atoms with van der Waals surface area (Å²) in [4.78, 5) is 3.88. The average molecular weight is 229 g/mol. The quantitative estimate of drug-likeness (QED) is 0.817. The van der Waals surface area contributed by atoms with Gasteiger partial charge in [-0.25, -0.2) is 0 Å². The highest BCUT2D eigenvalue weighted by atomic mass is 19.4. The number of ether oxygens (including phenoxy) is 1. The van der Waals surface area contributed by atoms with E-state index in [9.17, 15) is 18.3 Å². The molecule has 0 spiro atoms. The second kappa shape index (κ2) is 3.55. The first-order valence-electron chi connectivity index (χ1n) is 4.29. The van der Waals surface area contributed by atoms with Gasteiger partial charge in [0.15, 0.2) is 11.5 Å². The zero-order valence-electron chi connectivity index (χ0n) is 7.82. The summed E-state index contributed by atoms with van der Waals surface area (Å²) in [6.45, 7) is 0. The summed E-state index contributed by atoms with van der Waals surface area (Å²) in [6, 6.07) is 5.36. The van der Waals surface area contributed by atoms with Gasteiger partial charge in [0, 0.05) is 17.6 Å². The Kier molecular flexibility index (Phi) is 2.34. The molecule has 0 radical (unpaired) electrons. The number of fused-ring (bicyclic) bond motifs is 1. The number of pyridine rings is 1. The fraction of sp³-hybridized carbons (Fsp3) is 0.100. The van der Waals surface area contributed by atoms with Crippen molar-refractivity contribution in [3.8, 4) is 11.5 Å². The smallest absolute Gasteiger partial charge is 0.504 e. The zero-order chi connectivity index (χ0) is 11.8. The SMILES string of the molecule is Oc1cc2ncccc2cc1OC(F)(F)F. The number of phenols is 1. The van der Waals surface area contributed by atoms with Gasteiger partial charge in [0.1, 0.15) is 0 Å². The maximum atomic E-state index is 12.0. The Morgan fingerprint density at radius 1 is 1.25 bits per heavy atom. The van der Waals surface area contributed by atoms with Gasteiger partial charge in [0.2, 0.25) is 0 Å². The Labute approximate surface area is 88.1 Å². The maximum absolute atomic E-state index is 12.0. The van der Waals surface area contributed by atoms with E-state index >= 15 is 0 Å². The van der Waals surface area contributed by atoms with Crippen molar-refractivity contribution in [1.29, 1.82) is 0 Å². The van der Waals surface area contributed by atoms with Gasteiger partial charge < -0.3 is 9.84 Å². The second-order valence-electron chi connectivity index (χ2n) is 3.06. The third kappa shape index (κ3) is 2.16. The van der Waals surface area contributed by atoms with Crippen LogP contribution in [0.2, 0.25) is 0 Å². The van der Waals surface area contributed by atoms with Crippen molar-refractivity contribution >= 4 is 10.9 Å². The van der Waals surface area contributed by atoms with Crippen molar-refractivity contribution in [3.05, 3.63) is 30.5 Å². The van der Waals surface area contributed by atoms with Gasteiger partial charge in [-0.15, -0.1) is 13.2 Å². The second-order valence-corrected chi connectivity index (χ2v) is 3.06. The minimum Gasteiger partial charge on any atom is -0.504 e. The minimum absolute atomic E-state index is 0.398. The molecule has 2 aromatic rings. The number of hydrogen-bond donors (Lipinski definition) is 1. The van der Waals surface area contributed by atoms with Crippen LogP contribution < -0.4 is 4.74 Å². The third-order valence-electron chi connectivity index (χ3n) is 1.91. The highest BCUT2D eigenvalue weighted by molar-refractivity contribution is 5.82. The van der Waals surface area contributed by atoms with Gasteiger partial charge in [-0.1, -0.05) is 6.07 Å². The van der Waals surface area contributed by atoms with Crippen molar-refractivity contribution in [2.45, 2.75) is 6.36 Å². The van der Waals surface area contributed by atoms with Crippen molar-refractivity contribution < 1.29 is 23.0 Å². The molecule has 0 amide bonds. The van der Waals surface area contributed by atoms with Crippen molar-refractivity contribution in [3.63, 3.8) is 0 Å². The topological polar surface area (TPSA) is 42.4 Å². The predicted octanol–water partition coefficient (Wildman–Crippen LogP) is 2.84. The summed E-state index contributed by atoms with van der Waals surface area (Å²) in [7, 11) is 0. The molecule has 6 heteroatoms. The van der Waals surface area contributed by atoms with Crippen LogP contribution in [0.3, 0.4) is 0 Å². The number of nitrogens with zero attached hydrogens (tertiary/aromatic N) is 1. The molecule has 1 N–H and O–H groups in total. The molecule has 0 aliphatic heterocycles. The molecular formula is C10H6F3NO2. The highest BCUT2D eigenvalue weighted by Gasteiger charge is 2.32. The molecule has 0 atom stereocenters. The number of benzene rings is 1. The van der Waals surface area contributed by atoms with Gasteiger partial charge in [-0.2, -0.15) is 0 Å². The van der Waals surface area contributed by atoms with Crippen LogP contribution in [0.15, 0.2) is 30.5 Å². The van der Waals surface area contributed by atoms with E-state index in [1.807, 2.05) is 0 Å². The summed E-state index contributed by atoms with van der Waals surface area (Å²) in [5, 5.41) is 9.76. The number of aromatic hydroxyl groups is 1. The molecule has 3 nitrogen and oxygen atoms in total. The van der Waals surface area contributed by atoms with Gasteiger partial charge in [0.25, 0.3) is 0 Å². The number of rotatable bonds is 1. The van der Waals surface area contributed by atoms with Crippen LogP contribution in [0.4, 0.5) is 13.2 Å². The molecule has 0 aliphatic carbocycles. The Balaban J connectivity index is 2.50. The van der Waals surface area contributed by atoms with Crippen LogP contribution in [0, 0.1) is 0 Å². The molecule has 2 rings (SSSR count). The van der Waals surface area contributed by atoms with E-state index in [0.29, 0.717) is 10.9 Å². The highest BCUT2D eigenvalue weighted by Crippen LogP contribution is 2.34. The molecule has 1 aromatic heterocycles. The summed E-state index contributed by atoms with van der Waals surface area (Å²) >= 11 is 0. The monoisotopic (exact) mass is 229 g/mol. The zero-order valence-corrected chi connectivity index (χ0v) is 7.82. The van der Waals surface area contributed by atoms with E-state index in [0.717, 1.165) is 12.1 Å². The van der Waals surface area contributed by atoms with Crippen LogP contribution >= 0.6 is 0 Å². The molecule has 16 heavy (non-hydrogen) atoms. The normalized spacial score (nSPS) is 11.7. The van der Waals surface area contributed by atoms with Crippen molar-refractivity contribution in [2.75, 3.05) is 0 Å². The molecule has 1 heterocycles. The third-order valence-corrected chi connectivity index (χ3v) is 1.91. The number of halogens is 3. The van der Waals surface area contributed by atoms with Gasteiger partial charge in [0.05, 0.1) is 5.52 Å². The van der Waals surface area contributed by atoms with E-state index < -0.39 is 17.9 Å². The summed E-state index contributed by atoms with van der Waals surface area (Å²) < 4.78 is 39.6. The van der Waals surface area contributed by atoms with Crippen LogP contribution in [-0.4, -0.2) is 16.5 Å². The van der Waals surface area contributed by atoms with Crippen LogP contribution in [-0.2, 0) is 0 Å². The summed E-state index contributed by atoms with van der Waals surface area (Å²) in [5.74, 6) is -1.23. The first kappa shape index (κ1) is 10.5. The molecule has 0 saturated carbocycles. The summed E-state index contributed by atoms with van der Waals surface area (Å²) in [5.41, 5.74) is 0.398. The molecule has 0 fully saturated rings. The van der Waals surface area contributed by atoms with Crippen molar-refractivity contribution in [2.24, 2.45) is 0 Å². The fourth-order valence-corrected chi connectivity index (χ4v) is 1.29. The lowest BCUT2D eigenvalue weighted by molar-refractivity contribution is -0.275. The lowest BCUT2D eigenvalue weighted by atomic mass is 10.2. The first-order valence-corrected chi connectivity index (χ1v) is 4.29. The molecule has 1 aromatic carbocycles.